The molecule has 0 radical (unpaired) electrons. The van der Waals surface area contributed by atoms with Gasteiger partial charge in [-0.25, -0.2) is 0 Å². The van der Waals surface area contributed by atoms with Crippen LogP contribution in [0, 0.1) is 11.8 Å². The average Bonchev–Trinajstić information content (AvgIpc) is 2.41. The number of nitrogens with zero attached hydrogens (tertiary/aromatic N) is 1. The molecule has 0 aromatic heterocycles. The van der Waals surface area contributed by atoms with Gasteiger partial charge in [-0.3, -0.25) is 0 Å². The number of benzene rings is 1. The minimum absolute atomic E-state index is 0.418. The SMILES string of the molecule is CC[C@@H]1CCN(C)[C@@H]2Cc3ccc(O)cc3[C@@H](C)[C@@H]12. The van der Waals surface area contributed by atoms with Gasteiger partial charge in [-0.1, -0.05) is 26.3 Å². The van der Waals surface area contributed by atoms with Crippen LogP contribution >= 0.6 is 0 Å². The lowest BCUT2D eigenvalue weighted by atomic mass is 9.64. The summed E-state index contributed by atoms with van der Waals surface area (Å²) in [5.74, 6) is 2.57. The Bertz CT molecular complexity index is 470. The first-order chi connectivity index (χ1) is 9.11. The van der Waals surface area contributed by atoms with Crippen molar-refractivity contribution in [2.75, 3.05) is 13.6 Å². The molecule has 1 aliphatic carbocycles. The fourth-order valence-corrected chi connectivity index (χ4v) is 4.47. The quantitative estimate of drug-likeness (QED) is 0.835. The van der Waals surface area contributed by atoms with E-state index in [9.17, 15) is 5.11 Å². The first kappa shape index (κ1) is 13.0. The lowest BCUT2D eigenvalue weighted by Crippen LogP contribution is -2.52. The molecule has 1 fully saturated rings. The molecule has 19 heavy (non-hydrogen) atoms. The topological polar surface area (TPSA) is 23.5 Å². The van der Waals surface area contributed by atoms with E-state index in [1.54, 1.807) is 0 Å². The molecule has 0 amide bonds. The third-order valence-corrected chi connectivity index (χ3v) is 5.56. The molecule has 4 atom stereocenters. The largest absolute Gasteiger partial charge is 0.508 e. The number of likely N-dealkylation sites (tertiary alicyclic amines) is 1. The molecule has 1 N–H and O–H groups in total. The Morgan fingerprint density at radius 2 is 2.16 bits per heavy atom. The molecule has 1 aromatic rings. The van der Waals surface area contributed by atoms with Crippen molar-refractivity contribution in [3.63, 3.8) is 0 Å². The zero-order chi connectivity index (χ0) is 13.6. The molecule has 0 spiro atoms. The summed E-state index contributed by atoms with van der Waals surface area (Å²) in [5.41, 5.74) is 2.82. The summed E-state index contributed by atoms with van der Waals surface area (Å²) in [6, 6.07) is 6.65. The van der Waals surface area contributed by atoms with Crippen molar-refractivity contribution in [2.45, 2.75) is 45.1 Å². The molecule has 1 saturated heterocycles. The summed E-state index contributed by atoms with van der Waals surface area (Å²) in [7, 11) is 2.28. The normalized spacial score (nSPS) is 34.7. The van der Waals surface area contributed by atoms with Crippen LogP contribution in [0.3, 0.4) is 0 Å². The van der Waals surface area contributed by atoms with E-state index >= 15 is 0 Å². The number of hydrogen-bond donors (Lipinski definition) is 1. The Balaban J connectivity index is 2.02. The summed E-state index contributed by atoms with van der Waals surface area (Å²) in [4.78, 5) is 2.56. The number of rotatable bonds is 1. The summed E-state index contributed by atoms with van der Waals surface area (Å²) in [6.07, 6.45) is 3.76. The van der Waals surface area contributed by atoms with Gasteiger partial charge < -0.3 is 10.0 Å². The first-order valence-corrected chi connectivity index (χ1v) is 7.63. The molecular formula is C17H25NO. The van der Waals surface area contributed by atoms with Gasteiger partial charge in [-0.2, -0.15) is 0 Å². The van der Waals surface area contributed by atoms with Gasteiger partial charge in [0.15, 0.2) is 0 Å². The zero-order valence-electron chi connectivity index (χ0n) is 12.3. The van der Waals surface area contributed by atoms with Gasteiger partial charge in [0.2, 0.25) is 0 Å². The first-order valence-electron chi connectivity index (χ1n) is 7.63. The van der Waals surface area contributed by atoms with Crippen LogP contribution in [0.2, 0.25) is 0 Å². The van der Waals surface area contributed by atoms with Crippen molar-refractivity contribution in [1.82, 2.24) is 4.90 Å². The van der Waals surface area contributed by atoms with Gasteiger partial charge in [-0.15, -0.1) is 0 Å². The maximum absolute atomic E-state index is 9.77. The maximum atomic E-state index is 9.77. The van der Waals surface area contributed by atoms with E-state index in [2.05, 4.69) is 31.9 Å². The van der Waals surface area contributed by atoms with E-state index < -0.39 is 0 Å². The highest BCUT2D eigenvalue weighted by Crippen LogP contribution is 2.46. The van der Waals surface area contributed by atoms with Crippen LogP contribution in [0.4, 0.5) is 0 Å². The Hall–Kier alpha value is -1.02. The second-order valence-electron chi connectivity index (χ2n) is 6.46. The highest BCUT2D eigenvalue weighted by Gasteiger charge is 2.42. The van der Waals surface area contributed by atoms with Crippen molar-refractivity contribution in [1.29, 1.82) is 0 Å². The third-order valence-electron chi connectivity index (χ3n) is 5.56. The minimum atomic E-state index is 0.418. The van der Waals surface area contributed by atoms with Gasteiger partial charge in [-0.05, 0) is 67.4 Å². The number of phenols is 1. The molecule has 1 heterocycles. The van der Waals surface area contributed by atoms with Crippen molar-refractivity contribution in [3.8, 4) is 5.75 Å². The fourth-order valence-electron chi connectivity index (χ4n) is 4.47. The van der Waals surface area contributed by atoms with E-state index in [-0.39, 0.29) is 0 Å². The molecule has 2 heteroatoms. The molecule has 3 rings (SSSR count). The van der Waals surface area contributed by atoms with E-state index in [1.165, 1.54) is 30.5 Å². The van der Waals surface area contributed by atoms with Crippen LogP contribution < -0.4 is 0 Å². The van der Waals surface area contributed by atoms with Gasteiger partial charge in [0.05, 0.1) is 0 Å². The average molecular weight is 259 g/mol. The van der Waals surface area contributed by atoms with E-state index in [0.29, 0.717) is 17.7 Å². The van der Waals surface area contributed by atoms with E-state index in [0.717, 1.165) is 18.3 Å². The molecule has 1 aliphatic heterocycles. The lowest BCUT2D eigenvalue weighted by molar-refractivity contribution is 0.0447. The van der Waals surface area contributed by atoms with Crippen LogP contribution in [0.5, 0.6) is 5.75 Å². The highest BCUT2D eigenvalue weighted by atomic mass is 16.3. The number of likely N-dealkylation sites (N-methyl/N-ethyl adjacent to an activating group) is 1. The van der Waals surface area contributed by atoms with Crippen molar-refractivity contribution < 1.29 is 5.11 Å². The van der Waals surface area contributed by atoms with Gasteiger partial charge in [0.1, 0.15) is 5.75 Å². The van der Waals surface area contributed by atoms with Crippen molar-refractivity contribution >= 4 is 0 Å². The number of phenolic OH excluding ortho intramolecular Hbond substituents is 1. The van der Waals surface area contributed by atoms with Gasteiger partial charge in [0, 0.05) is 6.04 Å². The molecule has 1 aromatic carbocycles. The molecule has 0 bridgehead atoms. The highest BCUT2D eigenvalue weighted by molar-refractivity contribution is 5.40. The number of aromatic hydroxyl groups is 1. The molecular weight excluding hydrogens is 234 g/mol. The molecule has 0 saturated carbocycles. The summed E-state index contributed by atoms with van der Waals surface area (Å²) < 4.78 is 0. The molecule has 2 nitrogen and oxygen atoms in total. The summed E-state index contributed by atoms with van der Waals surface area (Å²) >= 11 is 0. The van der Waals surface area contributed by atoms with Crippen LogP contribution in [0.15, 0.2) is 18.2 Å². The molecule has 104 valence electrons. The molecule has 0 unspecified atom stereocenters. The van der Waals surface area contributed by atoms with Crippen molar-refractivity contribution in [3.05, 3.63) is 29.3 Å². The Morgan fingerprint density at radius 1 is 1.37 bits per heavy atom. The Labute approximate surface area is 116 Å². The second kappa shape index (κ2) is 4.82. The maximum Gasteiger partial charge on any atom is 0.115 e. The van der Waals surface area contributed by atoms with Crippen LogP contribution in [-0.2, 0) is 6.42 Å². The van der Waals surface area contributed by atoms with Crippen LogP contribution in [-0.4, -0.2) is 29.6 Å². The third kappa shape index (κ3) is 2.06. The summed E-state index contributed by atoms with van der Waals surface area (Å²) in [5, 5.41) is 9.77. The van der Waals surface area contributed by atoms with Crippen molar-refractivity contribution in [2.24, 2.45) is 11.8 Å². The number of hydrogen-bond acceptors (Lipinski definition) is 2. The smallest absolute Gasteiger partial charge is 0.115 e. The van der Waals surface area contributed by atoms with E-state index in [1.807, 2.05) is 12.1 Å². The van der Waals surface area contributed by atoms with Gasteiger partial charge in [0.25, 0.3) is 0 Å². The minimum Gasteiger partial charge on any atom is -0.508 e. The van der Waals surface area contributed by atoms with E-state index in [4.69, 9.17) is 0 Å². The number of piperidine rings is 1. The Kier molecular flexibility index (Phi) is 3.30. The molecule has 2 aliphatic rings. The van der Waals surface area contributed by atoms with Crippen LogP contribution in [0.25, 0.3) is 0 Å². The van der Waals surface area contributed by atoms with Crippen LogP contribution in [0.1, 0.15) is 43.7 Å². The standard InChI is InChI=1S/C17H25NO/c1-4-12-7-8-18(3)16-9-13-5-6-14(19)10-15(13)11(2)17(12)16/h5-6,10-12,16-17,19H,4,7-9H2,1-3H3/t11-,12-,16-,17+/m1/s1. The summed E-state index contributed by atoms with van der Waals surface area (Å²) in [6.45, 7) is 5.93. The zero-order valence-corrected chi connectivity index (χ0v) is 12.3. The monoisotopic (exact) mass is 259 g/mol. The predicted molar refractivity (Wildman–Crippen MR) is 78.5 cm³/mol. The predicted octanol–water partition coefficient (Wildman–Crippen LogP) is 3.40. The van der Waals surface area contributed by atoms with Gasteiger partial charge >= 0.3 is 0 Å². The number of fused-ring (bicyclic) bond motifs is 2. The second-order valence-corrected chi connectivity index (χ2v) is 6.46. The lowest BCUT2D eigenvalue weighted by Gasteiger charge is -2.50. The Morgan fingerprint density at radius 3 is 2.89 bits per heavy atom. The fraction of sp³-hybridized carbons (Fsp3) is 0.647.